The highest BCUT2D eigenvalue weighted by Gasteiger charge is 2.16. The molecule has 1 aromatic heterocycles. The van der Waals surface area contributed by atoms with Crippen molar-refractivity contribution in [1.82, 2.24) is 15.3 Å². The lowest BCUT2D eigenvalue weighted by Gasteiger charge is -2.21. The maximum atomic E-state index is 4.35. The van der Waals surface area contributed by atoms with E-state index in [0.29, 0.717) is 5.92 Å². The maximum Gasteiger partial charge on any atom is 0.132 e. The van der Waals surface area contributed by atoms with Crippen molar-refractivity contribution in [3.63, 3.8) is 0 Å². The topological polar surface area (TPSA) is 37.8 Å². The van der Waals surface area contributed by atoms with Gasteiger partial charge in [0.15, 0.2) is 0 Å². The number of aromatic nitrogens is 2. The molecule has 0 radical (unpaired) electrons. The first-order valence-electron chi connectivity index (χ1n) is 4.85. The first-order chi connectivity index (χ1) is 6.36. The highest BCUT2D eigenvalue weighted by Crippen LogP contribution is 2.18. The molecule has 0 amide bonds. The van der Waals surface area contributed by atoms with Crippen molar-refractivity contribution in [3.05, 3.63) is 23.8 Å². The van der Waals surface area contributed by atoms with Crippen LogP contribution < -0.4 is 5.32 Å². The van der Waals surface area contributed by atoms with Gasteiger partial charge in [-0.15, -0.1) is 0 Å². The number of nitrogens with one attached hydrogen (secondary N) is 1. The molecule has 1 fully saturated rings. The highest BCUT2D eigenvalue weighted by molar-refractivity contribution is 5.06. The number of rotatable bonds is 1. The first-order valence-corrected chi connectivity index (χ1v) is 4.85. The summed E-state index contributed by atoms with van der Waals surface area (Å²) < 4.78 is 0. The molecule has 13 heavy (non-hydrogen) atoms. The van der Waals surface area contributed by atoms with Crippen LogP contribution in [0.25, 0.3) is 0 Å². The van der Waals surface area contributed by atoms with Gasteiger partial charge in [0.2, 0.25) is 0 Å². The van der Waals surface area contributed by atoms with Gasteiger partial charge in [-0.25, -0.2) is 9.97 Å². The molecule has 1 saturated heterocycles. The Balaban J connectivity index is 2.10. The molecule has 1 atom stereocenters. The van der Waals surface area contributed by atoms with Crippen molar-refractivity contribution >= 4 is 0 Å². The molecular formula is C10H15N3. The molecule has 3 nitrogen and oxygen atoms in total. The number of aryl methyl sites for hydroxylation is 1. The van der Waals surface area contributed by atoms with Crippen LogP contribution in [0.5, 0.6) is 0 Å². The third-order valence-corrected chi connectivity index (χ3v) is 2.46. The SMILES string of the molecule is Cc1cnc(C2CCCNC2)nc1. The summed E-state index contributed by atoms with van der Waals surface area (Å²) in [5.74, 6) is 1.52. The van der Waals surface area contributed by atoms with Gasteiger partial charge in [-0.1, -0.05) is 0 Å². The van der Waals surface area contributed by atoms with Crippen molar-refractivity contribution in [2.45, 2.75) is 25.7 Å². The van der Waals surface area contributed by atoms with Gasteiger partial charge in [0.25, 0.3) is 0 Å². The normalized spacial score (nSPS) is 23.0. The van der Waals surface area contributed by atoms with Crippen LogP contribution in [0.1, 0.15) is 30.1 Å². The Kier molecular flexibility index (Phi) is 2.54. The van der Waals surface area contributed by atoms with Gasteiger partial charge in [0.05, 0.1) is 0 Å². The van der Waals surface area contributed by atoms with Gasteiger partial charge in [-0.3, -0.25) is 0 Å². The van der Waals surface area contributed by atoms with Crippen LogP contribution in [0.4, 0.5) is 0 Å². The van der Waals surface area contributed by atoms with Crippen molar-refractivity contribution in [3.8, 4) is 0 Å². The van der Waals surface area contributed by atoms with Crippen LogP contribution in [-0.2, 0) is 0 Å². The molecule has 0 aromatic carbocycles. The Bertz CT molecular complexity index is 262. The fourth-order valence-corrected chi connectivity index (χ4v) is 1.69. The van der Waals surface area contributed by atoms with E-state index < -0.39 is 0 Å². The van der Waals surface area contributed by atoms with Crippen molar-refractivity contribution in [2.24, 2.45) is 0 Å². The second-order valence-electron chi connectivity index (χ2n) is 3.66. The van der Waals surface area contributed by atoms with Crippen LogP contribution >= 0.6 is 0 Å². The molecule has 3 heteroatoms. The number of hydrogen-bond acceptors (Lipinski definition) is 3. The summed E-state index contributed by atoms with van der Waals surface area (Å²) in [7, 11) is 0. The third kappa shape index (κ3) is 2.04. The van der Waals surface area contributed by atoms with Gasteiger partial charge in [0, 0.05) is 24.9 Å². The average Bonchev–Trinajstić information content (AvgIpc) is 2.20. The largest absolute Gasteiger partial charge is 0.316 e. The smallest absolute Gasteiger partial charge is 0.132 e. The second-order valence-corrected chi connectivity index (χ2v) is 3.66. The Morgan fingerprint density at radius 2 is 2.15 bits per heavy atom. The van der Waals surface area contributed by atoms with E-state index in [9.17, 15) is 0 Å². The standard InChI is InChI=1S/C10H15N3/c1-8-5-12-10(13-6-8)9-3-2-4-11-7-9/h5-6,9,11H,2-4,7H2,1H3. The van der Waals surface area contributed by atoms with E-state index in [1.54, 1.807) is 0 Å². The molecule has 0 saturated carbocycles. The minimum absolute atomic E-state index is 0.523. The Labute approximate surface area is 78.6 Å². The van der Waals surface area contributed by atoms with E-state index in [4.69, 9.17) is 0 Å². The molecule has 1 unspecified atom stereocenters. The third-order valence-electron chi connectivity index (χ3n) is 2.46. The monoisotopic (exact) mass is 177 g/mol. The van der Waals surface area contributed by atoms with Crippen molar-refractivity contribution in [2.75, 3.05) is 13.1 Å². The molecule has 1 aromatic rings. The quantitative estimate of drug-likeness (QED) is 0.701. The second kappa shape index (κ2) is 3.83. The zero-order chi connectivity index (χ0) is 9.10. The van der Waals surface area contributed by atoms with Gasteiger partial charge >= 0.3 is 0 Å². The van der Waals surface area contributed by atoms with E-state index >= 15 is 0 Å². The van der Waals surface area contributed by atoms with Crippen molar-refractivity contribution < 1.29 is 0 Å². The van der Waals surface area contributed by atoms with Crippen LogP contribution in [0.2, 0.25) is 0 Å². The van der Waals surface area contributed by atoms with Gasteiger partial charge < -0.3 is 5.32 Å². The highest BCUT2D eigenvalue weighted by atomic mass is 14.9. The van der Waals surface area contributed by atoms with Gasteiger partial charge in [-0.05, 0) is 31.9 Å². The number of piperidine rings is 1. The van der Waals surface area contributed by atoms with Gasteiger partial charge in [-0.2, -0.15) is 0 Å². The molecule has 0 aliphatic carbocycles. The first kappa shape index (κ1) is 8.63. The fraction of sp³-hybridized carbons (Fsp3) is 0.600. The van der Waals surface area contributed by atoms with E-state index in [-0.39, 0.29) is 0 Å². The summed E-state index contributed by atoms with van der Waals surface area (Å²) in [4.78, 5) is 8.70. The molecular weight excluding hydrogens is 162 g/mol. The minimum atomic E-state index is 0.523. The molecule has 0 spiro atoms. The van der Waals surface area contributed by atoms with E-state index in [1.807, 2.05) is 19.3 Å². The Hall–Kier alpha value is -0.960. The van der Waals surface area contributed by atoms with E-state index in [1.165, 1.54) is 12.8 Å². The summed E-state index contributed by atoms with van der Waals surface area (Å²) in [5.41, 5.74) is 1.13. The molecule has 1 aliphatic rings. The summed E-state index contributed by atoms with van der Waals surface area (Å²) in [6.45, 7) is 4.19. The molecule has 1 N–H and O–H groups in total. The Morgan fingerprint density at radius 1 is 1.38 bits per heavy atom. The Morgan fingerprint density at radius 3 is 2.77 bits per heavy atom. The number of hydrogen-bond donors (Lipinski definition) is 1. The van der Waals surface area contributed by atoms with E-state index in [0.717, 1.165) is 24.5 Å². The fourth-order valence-electron chi connectivity index (χ4n) is 1.69. The van der Waals surface area contributed by atoms with Crippen LogP contribution in [0.3, 0.4) is 0 Å². The minimum Gasteiger partial charge on any atom is -0.316 e. The lowest BCUT2D eigenvalue weighted by molar-refractivity contribution is 0.446. The van der Waals surface area contributed by atoms with Crippen LogP contribution in [0.15, 0.2) is 12.4 Å². The molecule has 70 valence electrons. The maximum absolute atomic E-state index is 4.35. The molecule has 2 rings (SSSR count). The summed E-state index contributed by atoms with van der Waals surface area (Å²) >= 11 is 0. The van der Waals surface area contributed by atoms with Crippen molar-refractivity contribution in [1.29, 1.82) is 0 Å². The predicted octanol–water partition coefficient (Wildman–Crippen LogP) is 1.25. The molecule has 1 aliphatic heterocycles. The summed E-state index contributed by atoms with van der Waals surface area (Å²) in [6, 6.07) is 0. The molecule has 2 heterocycles. The number of nitrogens with zero attached hydrogens (tertiary/aromatic N) is 2. The lowest BCUT2D eigenvalue weighted by Crippen LogP contribution is -2.29. The average molecular weight is 177 g/mol. The zero-order valence-corrected chi connectivity index (χ0v) is 7.95. The zero-order valence-electron chi connectivity index (χ0n) is 7.95. The molecule has 0 bridgehead atoms. The predicted molar refractivity (Wildman–Crippen MR) is 51.6 cm³/mol. The lowest BCUT2D eigenvalue weighted by atomic mass is 9.99. The summed E-state index contributed by atoms with van der Waals surface area (Å²) in [5, 5.41) is 3.37. The summed E-state index contributed by atoms with van der Waals surface area (Å²) in [6.07, 6.45) is 6.26. The van der Waals surface area contributed by atoms with Crippen LogP contribution in [-0.4, -0.2) is 23.1 Å². The van der Waals surface area contributed by atoms with Gasteiger partial charge in [0.1, 0.15) is 5.82 Å². The van der Waals surface area contributed by atoms with Crippen LogP contribution in [0, 0.1) is 6.92 Å². The van der Waals surface area contributed by atoms with E-state index in [2.05, 4.69) is 15.3 Å².